The first-order valence-electron chi connectivity index (χ1n) is 6.13. The Kier molecular flexibility index (Phi) is 6.75. The topological polar surface area (TPSA) is 154 Å². The van der Waals surface area contributed by atoms with Gasteiger partial charge in [-0.1, -0.05) is 0 Å². The molecule has 0 aromatic carbocycles. The fraction of sp³-hybridized carbons (Fsp3) is 1.00. The van der Waals surface area contributed by atoms with Crippen molar-refractivity contribution in [2.45, 2.75) is 43.5 Å². The van der Waals surface area contributed by atoms with Crippen LogP contribution in [-0.2, 0) is 19.6 Å². The molecule has 0 radical (unpaired) electrons. The minimum absolute atomic E-state index is 0.00811. The Morgan fingerprint density at radius 2 is 1.75 bits per heavy atom. The van der Waals surface area contributed by atoms with Gasteiger partial charge >= 0.3 is 0 Å². The van der Waals surface area contributed by atoms with Gasteiger partial charge in [-0.05, 0) is 12.8 Å². The first kappa shape index (κ1) is 17.7. The van der Waals surface area contributed by atoms with E-state index in [1.165, 1.54) is 0 Å². The first-order valence-corrected chi connectivity index (χ1v) is 7.74. The van der Waals surface area contributed by atoms with E-state index in [0.717, 1.165) is 0 Å². The number of aliphatic hydroxyl groups excluding tert-OH is 4. The summed E-state index contributed by atoms with van der Waals surface area (Å²) in [6.07, 6.45) is -6.20. The van der Waals surface area contributed by atoms with Crippen LogP contribution in [0, 0.1) is 0 Å². The number of hydrogen-bond donors (Lipinski definition) is 5. The van der Waals surface area contributed by atoms with E-state index in [-0.39, 0.29) is 19.4 Å². The standard InChI is InChI=1S/C10H20O9S/c11-5-6-7(12)8(13)9(10(14)19-6)18-3-1-2-4-20(15,16)17/h6-14H,1-5H2,(H,15,16,17)/t6-,7-,8+,9-,10+/m1/s1. The van der Waals surface area contributed by atoms with Crippen molar-refractivity contribution in [2.24, 2.45) is 0 Å². The lowest BCUT2D eigenvalue weighted by atomic mass is 9.99. The molecule has 0 unspecified atom stereocenters. The Bertz CT molecular complexity index is 384. The normalized spacial score (nSPS) is 35.1. The molecule has 5 N–H and O–H groups in total. The lowest BCUT2D eigenvalue weighted by molar-refractivity contribution is -0.296. The molecule has 0 amide bonds. The molecular formula is C10H20O9S. The lowest BCUT2D eigenvalue weighted by Gasteiger charge is -2.39. The van der Waals surface area contributed by atoms with Gasteiger partial charge < -0.3 is 29.9 Å². The van der Waals surface area contributed by atoms with Crippen molar-refractivity contribution in [3.05, 3.63) is 0 Å². The van der Waals surface area contributed by atoms with E-state index in [2.05, 4.69) is 0 Å². The van der Waals surface area contributed by atoms with Crippen LogP contribution < -0.4 is 0 Å². The zero-order valence-electron chi connectivity index (χ0n) is 10.7. The van der Waals surface area contributed by atoms with Crippen LogP contribution in [0.5, 0.6) is 0 Å². The average Bonchev–Trinajstić information content (AvgIpc) is 2.35. The zero-order chi connectivity index (χ0) is 15.3. The molecule has 10 heteroatoms. The van der Waals surface area contributed by atoms with E-state index in [4.69, 9.17) is 19.1 Å². The van der Waals surface area contributed by atoms with Gasteiger partial charge in [-0.3, -0.25) is 4.55 Å². The van der Waals surface area contributed by atoms with E-state index in [9.17, 15) is 23.7 Å². The first-order chi connectivity index (χ1) is 9.26. The Balaban J connectivity index is 2.36. The number of aliphatic hydroxyl groups is 4. The van der Waals surface area contributed by atoms with E-state index in [1.807, 2.05) is 0 Å². The minimum atomic E-state index is -4.02. The summed E-state index contributed by atoms with van der Waals surface area (Å²) in [6.45, 7) is -0.551. The molecule has 0 bridgehead atoms. The highest BCUT2D eigenvalue weighted by Gasteiger charge is 2.44. The quantitative estimate of drug-likeness (QED) is 0.253. The molecule has 5 atom stereocenters. The van der Waals surface area contributed by atoms with Gasteiger partial charge in [0, 0.05) is 6.61 Å². The summed E-state index contributed by atoms with van der Waals surface area (Å²) in [6, 6.07) is 0. The third-order valence-corrected chi connectivity index (χ3v) is 3.75. The minimum Gasteiger partial charge on any atom is -0.394 e. The van der Waals surface area contributed by atoms with Crippen LogP contribution in [0.1, 0.15) is 12.8 Å². The Morgan fingerprint density at radius 3 is 2.30 bits per heavy atom. The second kappa shape index (κ2) is 7.61. The predicted molar refractivity (Wildman–Crippen MR) is 65.4 cm³/mol. The van der Waals surface area contributed by atoms with Crippen molar-refractivity contribution in [3.8, 4) is 0 Å². The van der Waals surface area contributed by atoms with Crippen molar-refractivity contribution in [3.63, 3.8) is 0 Å². The maximum Gasteiger partial charge on any atom is 0.264 e. The molecule has 0 aromatic rings. The van der Waals surface area contributed by atoms with Crippen molar-refractivity contribution >= 4 is 10.1 Å². The molecule has 1 rings (SSSR count). The summed E-state index contributed by atoms with van der Waals surface area (Å²) in [5.74, 6) is -0.405. The molecular weight excluding hydrogens is 296 g/mol. The highest BCUT2D eigenvalue weighted by Crippen LogP contribution is 2.22. The van der Waals surface area contributed by atoms with E-state index < -0.39 is 53.2 Å². The third-order valence-electron chi connectivity index (χ3n) is 2.95. The molecule has 0 spiro atoms. The molecule has 0 saturated carbocycles. The molecule has 20 heavy (non-hydrogen) atoms. The number of rotatable bonds is 7. The van der Waals surface area contributed by atoms with Crippen LogP contribution in [0.25, 0.3) is 0 Å². The molecule has 0 aromatic heterocycles. The molecule has 1 aliphatic heterocycles. The molecule has 1 fully saturated rings. The Labute approximate surface area is 116 Å². The van der Waals surface area contributed by atoms with Gasteiger partial charge in [0.15, 0.2) is 6.29 Å². The number of ether oxygens (including phenoxy) is 2. The van der Waals surface area contributed by atoms with Gasteiger partial charge in [-0.25, -0.2) is 0 Å². The van der Waals surface area contributed by atoms with Crippen LogP contribution in [0.15, 0.2) is 0 Å². The summed E-state index contributed by atoms with van der Waals surface area (Å²) >= 11 is 0. The van der Waals surface area contributed by atoms with Crippen molar-refractivity contribution in [2.75, 3.05) is 19.0 Å². The Hall–Kier alpha value is -0.330. The lowest BCUT2D eigenvalue weighted by Crippen LogP contribution is -2.59. The van der Waals surface area contributed by atoms with E-state index in [1.54, 1.807) is 0 Å². The summed E-state index contributed by atoms with van der Waals surface area (Å²) in [5, 5.41) is 37.8. The van der Waals surface area contributed by atoms with Crippen LogP contribution in [0.3, 0.4) is 0 Å². The summed E-state index contributed by atoms with van der Waals surface area (Å²) in [7, 11) is -4.02. The fourth-order valence-electron chi connectivity index (χ4n) is 1.86. The Morgan fingerprint density at radius 1 is 1.10 bits per heavy atom. The monoisotopic (exact) mass is 316 g/mol. The molecule has 120 valence electrons. The highest BCUT2D eigenvalue weighted by atomic mass is 32.2. The summed E-state index contributed by atoms with van der Waals surface area (Å²) in [5.41, 5.74) is 0. The van der Waals surface area contributed by atoms with Gasteiger partial charge in [0.25, 0.3) is 10.1 Å². The van der Waals surface area contributed by atoms with Crippen LogP contribution in [0.4, 0.5) is 0 Å². The number of hydrogen-bond acceptors (Lipinski definition) is 8. The zero-order valence-corrected chi connectivity index (χ0v) is 11.5. The van der Waals surface area contributed by atoms with Crippen molar-refractivity contribution in [1.82, 2.24) is 0 Å². The smallest absolute Gasteiger partial charge is 0.264 e. The average molecular weight is 316 g/mol. The second-order valence-electron chi connectivity index (χ2n) is 4.56. The largest absolute Gasteiger partial charge is 0.394 e. The van der Waals surface area contributed by atoms with Gasteiger partial charge in [0.2, 0.25) is 0 Å². The van der Waals surface area contributed by atoms with Gasteiger partial charge in [0.05, 0.1) is 12.4 Å². The third kappa shape index (κ3) is 5.22. The van der Waals surface area contributed by atoms with Crippen LogP contribution in [-0.4, -0.2) is 83.1 Å². The van der Waals surface area contributed by atoms with Crippen molar-refractivity contribution < 1.29 is 42.9 Å². The van der Waals surface area contributed by atoms with Crippen LogP contribution in [0.2, 0.25) is 0 Å². The van der Waals surface area contributed by atoms with Crippen LogP contribution >= 0.6 is 0 Å². The van der Waals surface area contributed by atoms with E-state index >= 15 is 0 Å². The molecule has 1 aliphatic rings. The van der Waals surface area contributed by atoms with Gasteiger partial charge in [-0.15, -0.1) is 0 Å². The summed E-state index contributed by atoms with van der Waals surface area (Å²) < 4.78 is 39.5. The van der Waals surface area contributed by atoms with E-state index in [0.29, 0.717) is 0 Å². The summed E-state index contributed by atoms with van der Waals surface area (Å²) in [4.78, 5) is 0. The van der Waals surface area contributed by atoms with Gasteiger partial charge in [-0.2, -0.15) is 8.42 Å². The predicted octanol–water partition coefficient (Wildman–Crippen LogP) is -2.53. The molecule has 1 saturated heterocycles. The molecule has 1 heterocycles. The SMILES string of the molecule is O=S(=O)(O)CCCCO[C@@H]1[C@@H](O)[C@H](O)[C@@H](CO)O[C@@H]1O. The molecule has 0 aliphatic carbocycles. The van der Waals surface area contributed by atoms with Crippen molar-refractivity contribution in [1.29, 1.82) is 0 Å². The molecule has 9 nitrogen and oxygen atoms in total. The maximum absolute atomic E-state index is 10.5. The number of unbranched alkanes of at least 4 members (excludes halogenated alkanes) is 1. The second-order valence-corrected chi connectivity index (χ2v) is 6.13. The van der Waals surface area contributed by atoms with Gasteiger partial charge in [0.1, 0.15) is 24.4 Å². The highest BCUT2D eigenvalue weighted by molar-refractivity contribution is 7.85. The maximum atomic E-state index is 10.5. The fourth-order valence-corrected chi connectivity index (χ4v) is 2.43.